The molecule has 1 heterocycles. The van der Waals surface area contributed by atoms with E-state index in [9.17, 15) is 8.78 Å². The molecule has 1 aromatic heterocycles. The molecule has 0 aliphatic rings. The number of rotatable bonds is 4. The predicted molar refractivity (Wildman–Crippen MR) is 67.6 cm³/mol. The largest absolute Gasteiger partial charge is 0.396 e. The Morgan fingerprint density at radius 1 is 1.28 bits per heavy atom. The van der Waals surface area contributed by atoms with Gasteiger partial charge in [0, 0.05) is 17.0 Å². The molecule has 0 atom stereocenters. The third-order valence-corrected chi connectivity index (χ3v) is 3.89. The summed E-state index contributed by atoms with van der Waals surface area (Å²) >= 11 is 1.46. The molecule has 96 valence electrons. The number of aliphatic hydroxyl groups excluding tert-OH is 1. The summed E-state index contributed by atoms with van der Waals surface area (Å²) in [6.45, 7) is 2.02. The summed E-state index contributed by atoms with van der Waals surface area (Å²) in [4.78, 5) is 5.43. The molecule has 0 unspecified atom stereocenters. The van der Waals surface area contributed by atoms with Gasteiger partial charge >= 0.3 is 0 Å². The Balaban J connectivity index is 2.30. The van der Waals surface area contributed by atoms with Gasteiger partial charge in [0.2, 0.25) is 0 Å². The van der Waals surface area contributed by atoms with Gasteiger partial charge in [0.15, 0.2) is 11.6 Å². The normalized spacial score (nSPS) is 10.9. The van der Waals surface area contributed by atoms with Crippen molar-refractivity contribution in [3.05, 3.63) is 40.4 Å². The number of aromatic nitrogens is 1. The number of thiazole rings is 1. The molecule has 18 heavy (non-hydrogen) atoms. The third-order valence-electron chi connectivity index (χ3n) is 2.62. The van der Waals surface area contributed by atoms with Gasteiger partial charge in [-0.1, -0.05) is 0 Å². The topological polar surface area (TPSA) is 33.1 Å². The first-order chi connectivity index (χ1) is 8.61. The maximum absolute atomic E-state index is 13.1. The summed E-state index contributed by atoms with van der Waals surface area (Å²) in [5.74, 6) is -1.72. The molecule has 1 N–H and O–H groups in total. The summed E-state index contributed by atoms with van der Waals surface area (Å²) in [5, 5.41) is 9.48. The van der Waals surface area contributed by atoms with Crippen molar-refractivity contribution in [2.24, 2.45) is 0 Å². The quantitative estimate of drug-likeness (QED) is 0.923. The molecule has 5 heteroatoms. The lowest BCUT2D eigenvalue weighted by atomic mass is 10.2. The van der Waals surface area contributed by atoms with E-state index in [0.717, 1.165) is 29.1 Å². The molecule has 2 nitrogen and oxygen atoms in total. The van der Waals surface area contributed by atoms with E-state index in [1.54, 1.807) is 0 Å². The molecular formula is C13H13F2NOS. The Morgan fingerprint density at radius 3 is 2.72 bits per heavy atom. The van der Waals surface area contributed by atoms with E-state index < -0.39 is 11.6 Å². The lowest BCUT2D eigenvalue weighted by Crippen LogP contribution is -1.88. The molecule has 0 aliphatic carbocycles. The number of aliphatic hydroxyl groups is 1. The molecule has 0 bridgehead atoms. The highest BCUT2D eigenvalue weighted by molar-refractivity contribution is 7.15. The zero-order valence-corrected chi connectivity index (χ0v) is 10.7. The van der Waals surface area contributed by atoms with Crippen LogP contribution < -0.4 is 0 Å². The Bertz CT molecular complexity index is 554. The Kier molecular flexibility index (Phi) is 4.04. The van der Waals surface area contributed by atoms with E-state index in [-0.39, 0.29) is 6.61 Å². The average molecular weight is 269 g/mol. The van der Waals surface area contributed by atoms with Gasteiger partial charge in [-0.2, -0.15) is 0 Å². The van der Waals surface area contributed by atoms with Crippen molar-refractivity contribution in [3.8, 4) is 10.6 Å². The molecule has 0 saturated carbocycles. The lowest BCUT2D eigenvalue weighted by Gasteiger charge is -1.97. The highest BCUT2D eigenvalue weighted by Gasteiger charge is 2.11. The van der Waals surface area contributed by atoms with Crippen molar-refractivity contribution < 1.29 is 13.9 Å². The van der Waals surface area contributed by atoms with Gasteiger partial charge in [-0.15, -0.1) is 11.3 Å². The van der Waals surface area contributed by atoms with Gasteiger partial charge < -0.3 is 5.11 Å². The first kappa shape index (κ1) is 13.1. The number of hydrogen-bond donors (Lipinski definition) is 1. The smallest absolute Gasteiger partial charge is 0.159 e. The van der Waals surface area contributed by atoms with Crippen molar-refractivity contribution in [3.63, 3.8) is 0 Å². The third kappa shape index (κ3) is 2.73. The molecule has 0 radical (unpaired) electrons. The fraction of sp³-hybridized carbons (Fsp3) is 0.308. The monoisotopic (exact) mass is 269 g/mol. The molecule has 0 aliphatic heterocycles. The van der Waals surface area contributed by atoms with Crippen LogP contribution in [0.15, 0.2) is 18.2 Å². The molecule has 0 spiro atoms. The number of nitrogens with zero attached hydrogens (tertiary/aromatic N) is 1. The Hall–Kier alpha value is -1.33. The van der Waals surface area contributed by atoms with E-state index in [2.05, 4.69) is 4.98 Å². The molecular weight excluding hydrogens is 256 g/mol. The average Bonchev–Trinajstić information content (AvgIpc) is 2.72. The van der Waals surface area contributed by atoms with Crippen LogP contribution in [-0.2, 0) is 6.42 Å². The maximum Gasteiger partial charge on any atom is 0.159 e. The summed E-state index contributed by atoms with van der Waals surface area (Å²) in [7, 11) is 0. The van der Waals surface area contributed by atoms with Crippen LogP contribution in [0.4, 0.5) is 8.78 Å². The molecule has 2 rings (SSSR count). The van der Waals surface area contributed by atoms with Crippen LogP contribution in [0.3, 0.4) is 0 Å². The van der Waals surface area contributed by atoms with Gasteiger partial charge in [-0.25, -0.2) is 13.8 Å². The zero-order chi connectivity index (χ0) is 13.1. The summed E-state index contributed by atoms with van der Waals surface area (Å²) < 4.78 is 26.0. The van der Waals surface area contributed by atoms with Gasteiger partial charge in [0.1, 0.15) is 5.01 Å². The van der Waals surface area contributed by atoms with E-state index in [4.69, 9.17) is 5.11 Å². The second kappa shape index (κ2) is 5.54. The van der Waals surface area contributed by atoms with Crippen LogP contribution in [0.1, 0.15) is 17.0 Å². The Labute approximate surface area is 108 Å². The van der Waals surface area contributed by atoms with Gasteiger partial charge in [-0.05, 0) is 38.0 Å². The SMILES string of the molecule is Cc1nc(-c2ccc(F)c(F)c2)sc1CCCO. The first-order valence-electron chi connectivity index (χ1n) is 5.64. The van der Waals surface area contributed by atoms with Gasteiger partial charge in [-0.3, -0.25) is 0 Å². The van der Waals surface area contributed by atoms with Crippen LogP contribution >= 0.6 is 11.3 Å². The molecule has 0 saturated heterocycles. The second-order valence-electron chi connectivity index (χ2n) is 3.98. The van der Waals surface area contributed by atoms with E-state index in [0.29, 0.717) is 17.0 Å². The van der Waals surface area contributed by atoms with E-state index >= 15 is 0 Å². The minimum absolute atomic E-state index is 0.137. The number of benzene rings is 1. The molecule has 0 amide bonds. The van der Waals surface area contributed by atoms with Gasteiger partial charge in [0.25, 0.3) is 0 Å². The first-order valence-corrected chi connectivity index (χ1v) is 6.46. The molecule has 0 fully saturated rings. The highest BCUT2D eigenvalue weighted by atomic mass is 32.1. The van der Waals surface area contributed by atoms with E-state index in [1.165, 1.54) is 17.4 Å². The number of aryl methyl sites for hydroxylation is 2. The van der Waals surface area contributed by atoms with Crippen LogP contribution in [0.5, 0.6) is 0 Å². The van der Waals surface area contributed by atoms with E-state index in [1.807, 2.05) is 6.92 Å². The van der Waals surface area contributed by atoms with Crippen molar-refractivity contribution >= 4 is 11.3 Å². The highest BCUT2D eigenvalue weighted by Crippen LogP contribution is 2.29. The number of hydrogen-bond acceptors (Lipinski definition) is 3. The minimum Gasteiger partial charge on any atom is -0.396 e. The van der Waals surface area contributed by atoms with Crippen LogP contribution in [0, 0.1) is 18.6 Å². The summed E-state index contributed by atoms with van der Waals surface area (Å²) in [5.41, 5.74) is 1.46. The van der Waals surface area contributed by atoms with Crippen molar-refractivity contribution in [2.75, 3.05) is 6.61 Å². The Morgan fingerprint density at radius 2 is 2.06 bits per heavy atom. The van der Waals surface area contributed by atoms with Crippen LogP contribution in [-0.4, -0.2) is 16.7 Å². The van der Waals surface area contributed by atoms with Gasteiger partial charge in [0.05, 0.1) is 5.69 Å². The number of halogens is 2. The van der Waals surface area contributed by atoms with Crippen molar-refractivity contribution in [2.45, 2.75) is 19.8 Å². The predicted octanol–water partition coefficient (Wildman–Crippen LogP) is 3.32. The van der Waals surface area contributed by atoms with Crippen molar-refractivity contribution in [1.29, 1.82) is 0 Å². The summed E-state index contributed by atoms with van der Waals surface area (Å²) in [6.07, 6.45) is 1.43. The second-order valence-corrected chi connectivity index (χ2v) is 5.07. The lowest BCUT2D eigenvalue weighted by molar-refractivity contribution is 0.289. The molecule has 1 aromatic carbocycles. The van der Waals surface area contributed by atoms with Crippen LogP contribution in [0.25, 0.3) is 10.6 Å². The van der Waals surface area contributed by atoms with Crippen LogP contribution in [0.2, 0.25) is 0 Å². The summed E-state index contributed by atoms with van der Waals surface area (Å²) in [6, 6.07) is 3.78. The standard InChI is InChI=1S/C13H13F2NOS/c1-8-12(3-2-6-17)18-13(16-8)9-4-5-10(14)11(15)7-9/h4-5,7,17H,2-3,6H2,1H3. The maximum atomic E-state index is 13.1. The fourth-order valence-electron chi connectivity index (χ4n) is 1.65. The minimum atomic E-state index is -0.864. The molecule has 2 aromatic rings. The zero-order valence-electron chi connectivity index (χ0n) is 9.91. The fourth-order valence-corrected chi connectivity index (χ4v) is 2.75. The van der Waals surface area contributed by atoms with Crippen molar-refractivity contribution in [1.82, 2.24) is 4.98 Å².